The summed E-state index contributed by atoms with van der Waals surface area (Å²) < 4.78 is 22.2. The number of likely N-dealkylation sites (N-methyl/N-ethyl adjacent to an activating group) is 1. The highest BCUT2D eigenvalue weighted by molar-refractivity contribution is 6.09. The van der Waals surface area contributed by atoms with E-state index in [1.54, 1.807) is 34.0 Å². The number of hydrogen-bond acceptors (Lipinski definition) is 5. The predicted molar refractivity (Wildman–Crippen MR) is 140 cm³/mol. The maximum atomic E-state index is 14.8. The number of rotatable bonds is 9. The Kier molecular flexibility index (Phi) is 8.28. The number of nitrogens with zero attached hydrogens (tertiary/aromatic N) is 4. The summed E-state index contributed by atoms with van der Waals surface area (Å²) in [5.41, 5.74) is 9.36. The summed E-state index contributed by atoms with van der Waals surface area (Å²) >= 11 is 0. The minimum absolute atomic E-state index is 0.151. The van der Waals surface area contributed by atoms with Crippen LogP contribution in [0.4, 0.5) is 4.39 Å². The number of allylic oxidation sites excluding steroid dienone is 1. The average molecular weight is 490 g/mol. The van der Waals surface area contributed by atoms with Gasteiger partial charge < -0.3 is 15.4 Å². The van der Waals surface area contributed by atoms with E-state index in [9.17, 15) is 9.18 Å². The summed E-state index contributed by atoms with van der Waals surface area (Å²) in [5, 5.41) is 4.63. The Bertz CT molecular complexity index is 1250. The molecule has 36 heavy (non-hydrogen) atoms. The molecule has 2 heterocycles. The Morgan fingerprint density at radius 2 is 1.97 bits per heavy atom. The van der Waals surface area contributed by atoms with Crippen molar-refractivity contribution >= 4 is 17.7 Å². The zero-order valence-electron chi connectivity index (χ0n) is 20.7. The number of ether oxygens (including phenoxy) is 1. The van der Waals surface area contributed by atoms with Crippen molar-refractivity contribution in [2.24, 2.45) is 10.7 Å². The molecule has 0 spiro atoms. The topological polar surface area (TPSA) is 85.7 Å². The van der Waals surface area contributed by atoms with Crippen LogP contribution in [-0.2, 0) is 17.9 Å². The Morgan fingerprint density at radius 1 is 1.22 bits per heavy atom. The average Bonchev–Trinajstić information content (AvgIpc) is 3.30. The number of nitrogens with two attached hydrogens (primary N) is 1. The second-order valence-electron chi connectivity index (χ2n) is 8.56. The minimum atomic E-state index is -0.412. The first-order chi connectivity index (χ1) is 17.6. The van der Waals surface area contributed by atoms with Gasteiger partial charge in [-0.15, -0.1) is 0 Å². The highest BCUT2D eigenvalue weighted by atomic mass is 19.1. The van der Waals surface area contributed by atoms with E-state index in [0.29, 0.717) is 55.2 Å². The van der Waals surface area contributed by atoms with Crippen molar-refractivity contribution in [3.8, 4) is 11.3 Å². The summed E-state index contributed by atoms with van der Waals surface area (Å²) in [6, 6.07) is 16.0. The second kappa shape index (κ2) is 11.8. The monoisotopic (exact) mass is 489 g/mol. The van der Waals surface area contributed by atoms with Gasteiger partial charge in [-0.1, -0.05) is 49.4 Å². The lowest BCUT2D eigenvalue weighted by Crippen LogP contribution is -2.42. The van der Waals surface area contributed by atoms with Crippen molar-refractivity contribution in [1.29, 1.82) is 0 Å². The Morgan fingerprint density at radius 3 is 2.67 bits per heavy atom. The lowest BCUT2D eigenvalue weighted by Gasteiger charge is -2.30. The van der Waals surface area contributed by atoms with E-state index in [2.05, 4.69) is 10.1 Å². The summed E-state index contributed by atoms with van der Waals surface area (Å²) in [5.74, 6) is -0.605. The van der Waals surface area contributed by atoms with Gasteiger partial charge in [0.2, 0.25) is 0 Å². The third-order valence-corrected chi connectivity index (χ3v) is 6.43. The molecule has 0 unspecified atom stereocenters. The lowest BCUT2D eigenvalue weighted by molar-refractivity contribution is 0.0652. The molecule has 0 bridgehead atoms. The Balaban J connectivity index is 1.63. The van der Waals surface area contributed by atoms with Gasteiger partial charge >= 0.3 is 0 Å². The lowest BCUT2D eigenvalue weighted by atomic mass is 10.0. The SMILES string of the molecule is CC[C@@H](CN=C/C(=C\N)c1ccccc1)N(CC)C(=O)c1c(-c2ccccc2F)nn2c1COCC2. The molecule has 188 valence electrons. The van der Waals surface area contributed by atoms with Crippen LogP contribution in [0.1, 0.15) is 41.9 Å². The first-order valence-electron chi connectivity index (χ1n) is 12.3. The van der Waals surface area contributed by atoms with E-state index >= 15 is 0 Å². The van der Waals surface area contributed by atoms with Crippen molar-refractivity contribution in [1.82, 2.24) is 14.7 Å². The van der Waals surface area contributed by atoms with E-state index < -0.39 is 5.82 Å². The van der Waals surface area contributed by atoms with Gasteiger partial charge in [0.05, 0.1) is 43.6 Å². The van der Waals surface area contributed by atoms with Crippen molar-refractivity contribution in [2.75, 3.05) is 19.7 Å². The Hall–Kier alpha value is -3.78. The van der Waals surface area contributed by atoms with Crippen LogP contribution in [0.25, 0.3) is 16.8 Å². The van der Waals surface area contributed by atoms with Crippen LogP contribution in [0.15, 0.2) is 65.8 Å². The van der Waals surface area contributed by atoms with Crippen LogP contribution in [0.2, 0.25) is 0 Å². The number of benzene rings is 2. The fourth-order valence-corrected chi connectivity index (χ4v) is 4.49. The van der Waals surface area contributed by atoms with Gasteiger partial charge in [0.15, 0.2) is 0 Å². The molecule has 2 aromatic carbocycles. The van der Waals surface area contributed by atoms with Crippen molar-refractivity contribution in [3.05, 3.63) is 83.4 Å². The van der Waals surface area contributed by atoms with Gasteiger partial charge in [-0.3, -0.25) is 14.5 Å². The summed E-state index contributed by atoms with van der Waals surface area (Å²) in [7, 11) is 0. The maximum absolute atomic E-state index is 14.8. The van der Waals surface area contributed by atoms with Crippen molar-refractivity contribution in [2.45, 2.75) is 39.5 Å². The summed E-state index contributed by atoms with van der Waals surface area (Å²) in [6.45, 7) is 6.14. The van der Waals surface area contributed by atoms with Crippen LogP contribution in [-0.4, -0.2) is 52.5 Å². The quantitative estimate of drug-likeness (QED) is 0.448. The van der Waals surface area contributed by atoms with E-state index in [4.69, 9.17) is 10.5 Å². The van der Waals surface area contributed by atoms with Crippen LogP contribution in [0.3, 0.4) is 0 Å². The molecule has 1 atom stereocenters. The molecule has 0 saturated heterocycles. The molecule has 3 aromatic rings. The first kappa shape index (κ1) is 25.3. The fraction of sp³-hybridized carbons (Fsp3) is 0.321. The number of fused-ring (bicyclic) bond motifs is 1. The molecule has 8 heteroatoms. The highest BCUT2D eigenvalue weighted by Gasteiger charge is 2.32. The molecule has 4 rings (SSSR count). The van der Waals surface area contributed by atoms with E-state index in [1.165, 1.54) is 12.3 Å². The zero-order valence-corrected chi connectivity index (χ0v) is 20.7. The van der Waals surface area contributed by atoms with Crippen molar-refractivity contribution < 1.29 is 13.9 Å². The van der Waals surface area contributed by atoms with Gasteiger partial charge in [-0.05, 0) is 31.0 Å². The molecule has 0 aliphatic carbocycles. The number of hydrogen-bond donors (Lipinski definition) is 1. The summed E-state index contributed by atoms with van der Waals surface area (Å²) in [4.78, 5) is 20.4. The number of amides is 1. The van der Waals surface area contributed by atoms with Crippen LogP contribution >= 0.6 is 0 Å². The molecule has 1 aliphatic heterocycles. The molecule has 7 nitrogen and oxygen atoms in total. The molecule has 1 amide bonds. The standard InChI is InChI=1S/C28H32FN5O2/c1-3-22(18-31-17-21(16-30)20-10-6-5-7-11-20)33(4-2)28(35)26-25-19-36-15-14-34(25)32-27(26)23-12-8-9-13-24(23)29/h5-13,16-17,22H,3-4,14-15,18-19,30H2,1-2H3/b21-16+,31-17?/t22-/m0/s1. The van der Waals surface area contributed by atoms with E-state index in [1.807, 2.05) is 44.2 Å². The molecule has 1 aliphatic rings. The van der Waals surface area contributed by atoms with Gasteiger partial charge in [0.25, 0.3) is 5.91 Å². The van der Waals surface area contributed by atoms with Crippen molar-refractivity contribution in [3.63, 3.8) is 0 Å². The minimum Gasteiger partial charge on any atom is -0.404 e. The smallest absolute Gasteiger partial charge is 0.258 e. The molecular formula is C28H32FN5O2. The van der Waals surface area contributed by atoms with Gasteiger partial charge in [-0.2, -0.15) is 5.10 Å². The normalized spacial score (nSPS) is 14.6. The number of carbonyl (C=O) groups is 1. The number of carbonyl (C=O) groups excluding carboxylic acids is 1. The van der Waals surface area contributed by atoms with Crippen LogP contribution in [0.5, 0.6) is 0 Å². The molecule has 1 aromatic heterocycles. The second-order valence-corrected chi connectivity index (χ2v) is 8.56. The maximum Gasteiger partial charge on any atom is 0.258 e. The fourth-order valence-electron chi connectivity index (χ4n) is 4.49. The third-order valence-electron chi connectivity index (χ3n) is 6.43. The van der Waals surface area contributed by atoms with E-state index in [0.717, 1.165) is 11.1 Å². The predicted octanol–water partition coefficient (Wildman–Crippen LogP) is 4.53. The molecule has 0 radical (unpaired) electrons. The molecule has 2 N–H and O–H groups in total. The molecule has 0 saturated carbocycles. The van der Waals surface area contributed by atoms with Gasteiger partial charge in [0.1, 0.15) is 11.5 Å². The van der Waals surface area contributed by atoms with Gasteiger partial charge in [-0.25, -0.2) is 4.39 Å². The number of aromatic nitrogens is 2. The number of aliphatic imine (C=N–C) groups is 1. The third kappa shape index (κ3) is 5.23. The first-order valence-corrected chi connectivity index (χ1v) is 12.3. The Labute approximate surface area is 211 Å². The van der Waals surface area contributed by atoms with E-state index in [-0.39, 0.29) is 18.6 Å². The molecular weight excluding hydrogens is 457 g/mol. The van der Waals surface area contributed by atoms with Crippen LogP contribution < -0.4 is 5.73 Å². The number of halogens is 1. The molecule has 0 fully saturated rings. The van der Waals surface area contributed by atoms with Crippen LogP contribution in [0, 0.1) is 5.82 Å². The van der Waals surface area contributed by atoms with Gasteiger partial charge in [0, 0.05) is 30.1 Å². The summed E-state index contributed by atoms with van der Waals surface area (Å²) in [6.07, 6.45) is 3.98. The highest BCUT2D eigenvalue weighted by Crippen LogP contribution is 2.31. The largest absolute Gasteiger partial charge is 0.404 e. The zero-order chi connectivity index (χ0) is 25.5.